The summed E-state index contributed by atoms with van der Waals surface area (Å²) in [6, 6.07) is 5.89. The second kappa shape index (κ2) is 4.93. The minimum absolute atomic E-state index is 0.158. The van der Waals surface area contributed by atoms with Crippen molar-refractivity contribution in [3.8, 4) is 0 Å². The van der Waals surface area contributed by atoms with Gasteiger partial charge in [0, 0.05) is 19.0 Å². The molecule has 0 aliphatic carbocycles. The Morgan fingerprint density at radius 2 is 2.24 bits per heavy atom. The standard InChI is InChI=1S/C11H13N3OS2/c1-14(2)11(15)13-10-12-9-7(16-3)5-4-6-8(9)17-10/h4-6H,1-3H3,(H,12,13,15). The predicted molar refractivity (Wildman–Crippen MR) is 74.1 cm³/mol. The fraction of sp³-hybridized carbons (Fsp3) is 0.273. The fourth-order valence-corrected chi connectivity index (χ4v) is 2.86. The molecule has 90 valence electrons. The van der Waals surface area contributed by atoms with E-state index >= 15 is 0 Å². The number of hydrogen-bond acceptors (Lipinski definition) is 4. The minimum atomic E-state index is -0.158. The molecule has 0 saturated carbocycles. The first-order valence-corrected chi connectivity index (χ1v) is 7.08. The molecule has 17 heavy (non-hydrogen) atoms. The zero-order valence-electron chi connectivity index (χ0n) is 9.85. The van der Waals surface area contributed by atoms with Crippen LogP contribution in [0.4, 0.5) is 9.93 Å². The second-order valence-corrected chi connectivity index (χ2v) is 5.53. The number of anilines is 1. The van der Waals surface area contributed by atoms with E-state index < -0.39 is 0 Å². The van der Waals surface area contributed by atoms with Gasteiger partial charge in [-0.1, -0.05) is 17.4 Å². The summed E-state index contributed by atoms with van der Waals surface area (Å²) in [7, 11) is 3.41. The molecular formula is C11H13N3OS2. The van der Waals surface area contributed by atoms with Crippen LogP contribution >= 0.6 is 23.1 Å². The first-order chi connectivity index (χ1) is 8.11. The zero-order chi connectivity index (χ0) is 12.4. The third-order valence-corrected chi connectivity index (χ3v) is 3.93. The molecule has 0 saturated heterocycles. The molecule has 2 aromatic rings. The van der Waals surface area contributed by atoms with E-state index in [0.717, 1.165) is 15.1 Å². The number of amides is 2. The molecule has 1 aromatic carbocycles. The van der Waals surface area contributed by atoms with E-state index in [9.17, 15) is 4.79 Å². The van der Waals surface area contributed by atoms with Crippen LogP contribution in [0, 0.1) is 0 Å². The molecule has 0 unspecified atom stereocenters. The number of thiazole rings is 1. The van der Waals surface area contributed by atoms with Crippen LogP contribution in [-0.4, -0.2) is 36.3 Å². The molecule has 2 rings (SSSR count). The smallest absolute Gasteiger partial charge is 0.323 e. The van der Waals surface area contributed by atoms with E-state index in [1.807, 2.05) is 24.5 Å². The molecular weight excluding hydrogens is 254 g/mol. The van der Waals surface area contributed by atoms with E-state index in [4.69, 9.17) is 0 Å². The number of benzene rings is 1. The van der Waals surface area contributed by atoms with Gasteiger partial charge in [-0.2, -0.15) is 0 Å². The maximum atomic E-state index is 11.5. The molecule has 0 aliphatic heterocycles. The number of fused-ring (bicyclic) bond motifs is 1. The van der Waals surface area contributed by atoms with Crippen LogP contribution in [0.3, 0.4) is 0 Å². The molecule has 4 nitrogen and oxygen atoms in total. The van der Waals surface area contributed by atoms with Crippen LogP contribution in [0.25, 0.3) is 10.2 Å². The Morgan fingerprint density at radius 3 is 2.88 bits per heavy atom. The van der Waals surface area contributed by atoms with Crippen LogP contribution < -0.4 is 5.32 Å². The Bertz CT molecular complexity index is 551. The van der Waals surface area contributed by atoms with Gasteiger partial charge >= 0.3 is 6.03 Å². The first kappa shape index (κ1) is 12.2. The molecule has 2 amide bonds. The lowest BCUT2D eigenvalue weighted by Gasteiger charge is -2.09. The highest BCUT2D eigenvalue weighted by Crippen LogP contribution is 2.32. The molecule has 0 bridgehead atoms. The number of carbonyl (C=O) groups excluding carboxylic acids is 1. The van der Waals surface area contributed by atoms with Gasteiger partial charge < -0.3 is 4.90 Å². The molecule has 0 spiro atoms. The van der Waals surface area contributed by atoms with Crippen molar-refractivity contribution < 1.29 is 4.79 Å². The van der Waals surface area contributed by atoms with Crippen molar-refractivity contribution in [2.45, 2.75) is 4.90 Å². The van der Waals surface area contributed by atoms with Gasteiger partial charge in [-0.15, -0.1) is 11.8 Å². The molecule has 6 heteroatoms. The normalized spacial score (nSPS) is 10.5. The van der Waals surface area contributed by atoms with E-state index in [1.54, 1.807) is 25.9 Å². The number of aromatic nitrogens is 1. The molecule has 0 radical (unpaired) electrons. The topological polar surface area (TPSA) is 45.2 Å². The number of rotatable bonds is 2. The summed E-state index contributed by atoms with van der Waals surface area (Å²) in [5, 5.41) is 3.41. The van der Waals surface area contributed by atoms with Crippen LogP contribution in [0.15, 0.2) is 23.1 Å². The van der Waals surface area contributed by atoms with Crippen molar-refractivity contribution >= 4 is 44.5 Å². The maximum absolute atomic E-state index is 11.5. The Kier molecular flexibility index (Phi) is 3.54. The van der Waals surface area contributed by atoms with Crippen molar-refractivity contribution in [3.63, 3.8) is 0 Å². The molecule has 1 N–H and O–H groups in total. The Balaban J connectivity index is 2.35. The van der Waals surface area contributed by atoms with Gasteiger partial charge in [0.2, 0.25) is 0 Å². The number of nitrogens with one attached hydrogen (secondary N) is 1. The highest BCUT2D eigenvalue weighted by Gasteiger charge is 2.10. The summed E-state index contributed by atoms with van der Waals surface area (Å²) in [5.41, 5.74) is 0.957. The second-order valence-electron chi connectivity index (χ2n) is 3.65. The van der Waals surface area contributed by atoms with Gasteiger partial charge in [0.1, 0.15) is 0 Å². The first-order valence-electron chi connectivity index (χ1n) is 5.03. The van der Waals surface area contributed by atoms with E-state index in [-0.39, 0.29) is 6.03 Å². The van der Waals surface area contributed by atoms with Crippen molar-refractivity contribution in [2.24, 2.45) is 0 Å². The van der Waals surface area contributed by atoms with Crippen molar-refractivity contribution in [3.05, 3.63) is 18.2 Å². The average Bonchev–Trinajstić information content (AvgIpc) is 2.70. The molecule has 0 fully saturated rings. The van der Waals surface area contributed by atoms with E-state index in [2.05, 4.69) is 10.3 Å². The number of urea groups is 1. The lowest BCUT2D eigenvalue weighted by Crippen LogP contribution is -2.27. The van der Waals surface area contributed by atoms with Crippen molar-refractivity contribution in [1.82, 2.24) is 9.88 Å². The Morgan fingerprint density at radius 1 is 1.47 bits per heavy atom. The Hall–Kier alpha value is -1.27. The molecule has 0 atom stereocenters. The Labute approximate surface area is 108 Å². The average molecular weight is 267 g/mol. The summed E-state index contributed by atoms with van der Waals surface area (Å²) in [6.07, 6.45) is 2.02. The predicted octanol–water partition coefficient (Wildman–Crippen LogP) is 3.11. The largest absolute Gasteiger partial charge is 0.331 e. The number of thioether (sulfide) groups is 1. The third kappa shape index (κ3) is 2.53. The lowest BCUT2D eigenvalue weighted by molar-refractivity contribution is 0.230. The van der Waals surface area contributed by atoms with Crippen molar-refractivity contribution in [2.75, 3.05) is 25.7 Å². The summed E-state index contributed by atoms with van der Waals surface area (Å²) in [6.45, 7) is 0. The monoisotopic (exact) mass is 267 g/mol. The summed E-state index contributed by atoms with van der Waals surface area (Å²) >= 11 is 3.15. The van der Waals surface area contributed by atoms with Crippen LogP contribution in [0.2, 0.25) is 0 Å². The summed E-state index contributed by atoms with van der Waals surface area (Å²) < 4.78 is 1.09. The highest BCUT2D eigenvalue weighted by atomic mass is 32.2. The summed E-state index contributed by atoms with van der Waals surface area (Å²) in [4.78, 5) is 18.6. The highest BCUT2D eigenvalue weighted by molar-refractivity contribution is 7.98. The van der Waals surface area contributed by atoms with Gasteiger partial charge in [-0.3, -0.25) is 5.32 Å². The fourth-order valence-electron chi connectivity index (χ4n) is 1.34. The van der Waals surface area contributed by atoms with Crippen molar-refractivity contribution in [1.29, 1.82) is 0 Å². The maximum Gasteiger partial charge on any atom is 0.323 e. The molecule has 1 aromatic heterocycles. The van der Waals surface area contributed by atoms with Gasteiger partial charge in [0.25, 0.3) is 0 Å². The SMILES string of the molecule is CSc1cccc2sc(NC(=O)N(C)C)nc12. The minimum Gasteiger partial charge on any atom is -0.331 e. The molecule has 1 heterocycles. The van der Waals surface area contributed by atoms with Crippen LogP contribution in [0.5, 0.6) is 0 Å². The number of hydrogen-bond donors (Lipinski definition) is 1. The quantitative estimate of drug-likeness (QED) is 0.850. The van der Waals surface area contributed by atoms with Crippen LogP contribution in [-0.2, 0) is 0 Å². The summed E-state index contributed by atoms with van der Waals surface area (Å²) in [5.74, 6) is 0. The van der Waals surface area contributed by atoms with Crippen LogP contribution in [0.1, 0.15) is 0 Å². The number of nitrogens with zero attached hydrogens (tertiary/aromatic N) is 2. The van der Waals surface area contributed by atoms with E-state index in [0.29, 0.717) is 5.13 Å². The number of para-hydroxylation sites is 1. The third-order valence-electron chi connectivity index (χ3n) is 2.22. The van der Waals surface area contributed by atoms with Gasteiger partial charge in [-0.05, 0) is 18.4 Å². The van der Waals surface area contributed by atoms with Gasteiger partial charge in [0.15, 0.2) is 5.13 Å². The van der Waals surface area contributed by atoms with Gasteiger partial charge in [0.05, 0.1) is 10.2 Å². The zero-order valence-corrected chi connectivity index (χ0v) is 11.5. The molecule has 0 aliphatic rings. The lowest BCUT2D eigenvalue weighted by atomic mass is 10.3. The number of carbonyl (C=O) groups is 1. The van der Waals surface area contributed by atoms with E-state index in [1.165, 1.54) is 16.2 Å². The van der Waals surface area contributed by atoms with Gasteiger partial charge in [-0.25, -0.2) is 9.78 Å².